The first-order valence-corrected chi connectivity index (χ1v) is 8.79. The average molecular weight is 393 g/mol. The minimum atomic E-state index is -0.422. The van der Waals surface area contributed by atoms with Crippen LogP contribution < -0.4 is 4.90 Å². The van der Waals surface area contributed by atoms with Gasteiger partial charge in [0, 0.05) is 35.7 Å². The predicted octanol–water partition coefficient (Wildman–Crippen LogP) is 3.65. The molecular formula is C18H21BrN2O3. The molecule has 24 heavy (non-hydrogen) atoms. The van der Waals surface area contributed by atoms with Crippen molar-refractivity contribution in [1.82, 2.24) is 4.98 Å². The summed E-state index contributed by atoms with van der Waals surface area (Å²) in [6.07, 6.45) is 1.22. The van der Waals surface area contributed by atoms with Gasteiger partial charge >= 0.3 is 5.97 Å². The SMILES string of the molecule is COC(=O)c1cc(N2CCC(C)C(OC)C2)c2cc(Br)ccc2n1. The normalized spacial score (nSPS) is 21.1. The van der Waals surface area contributed by atoms with Gasteiger partial charge in [0.15, 0.2) is 5.69 Å². The van der Waals surface area contributed by atoms with Gasteiger partial charge in [-0.3, -0.25) is 0 Å². The van der Waals surface area contributed by atoms with Crippen LogP contribution in [0.1, 0.15) is 23.8 Å². The van der Waals surface area contributed by atoms with Crippen LogP contribution in [0.25, 0.3) is 10.9 Å². The number of aromatic nitrogens is 1. The summed E-state index contributed by atoms with van der Waals surface area (Å²) in [4.78, 5) is 18.7. The number of hydrogen-bond donors (Lipinski definition) is 0. The number of pyridine rings is 1. The maximum Gasteiger partial charge on any atom is 0.356 e. The molecule has 1 aliphatic rings. The second-order valence-electron chi connectivity index (χ2n) is 6.17. The molecule has 0 amide bonds. The Morgan fingerprint density at radius 3 is 2.83 bits per heavy atom. The van der Waals surface area contributed by atoms with E-state index in [-0.39, 0.29) is 6.10 Å². The van der Waals surface area contributed by atoms with E-state index in [1.807, 2.05) is 24.3 Å². The van der Waals surface area contributed by atoms with Gasteiger partial charge in [0.2, 0.25) is 0 Å². The molecule has 6 heteroatoms. The standard InChI is InChI=1S/C18H21BrN2O3/c1-11-6-7-21(10-17(11)23-2)16-9-15(18(22)24-3)20-14-5-4-12(19)8-13(14)16/h4-5,8-9,11,17H,6-7,10H2,1-3H3. The van der Waals surface area contributed by atoms with Crippen molar-refractivity contribution in [3.05, 3.63) is 34.4 Å². The van der Waals surface area contributed by atoms with Gasteiger partial charge in [-0.05, 0) is 36.6 Å². The quantitative estimate of drug-likeness (QED) is 0.746. The van der Waals surface area contributed by atoms with Crippen molar-refractivity contribution in [3.63, 3.8) is 0 Å². The zero-order valence-corrected chi connectivity index (χ0v) is 15.7. The van der Waals surface area contributed by atoms with Crippen molar-refractivity contribution >= 4 is 38.5 Å². The molecule has 128 valence electrons. The number of rotatable bonds is 3. The molecule has 3 rings (SSSR count). The van der Waals surface area contributed by atoms with Crippen LogP contribution in [0.4, 0.5) is 5.69 Å². The number of methoxy groups -OCH3 is 2. The molecule has 0 spiro atoms. The fourth-order valence-electron chi connectivity index (χ4n) is 3.21. The van der Waals surface area contributed by atoms with Crippen molar-refractivity contribution in [2.45, 2.75) is 19.4 Å². The number of benzene rings is 1. The van der Waals surface area contributed by atoms with Crippen molar-refractivity contribution in [1.29, 1.82) is 0 Å². The molecule has 0 aliphatic carbocycles. The maximum absolute atomic E-state index is 12.0. The van der Waals surface area contributed by atoms with E-state index < -0.39 is 5.97 Å². The van der Waals surface area contributed by atoms with E-state index in [0.29, 0.717) is 11.6 Å². The van der Waals surface area contributed by atoms with Gasteiger partial charge < -0.3 is 14.4 Å². The van der Waals surface area contributed by atoms with E-state index >= 15 is 0 Å². The number of carbonyl (C=O) groups is 1. The van der Waals surface area contributed by atoms with E-state index in [9.17, 15) is 4.79 Å². The van der Waals surface area contributed by atoms with Crippen LogP contribution in [-0.2, 0) is 9.47 Å². The van der Waals surface area contributed by atoms with Gasteiger partial charge in [-0.15, -0.1) is 0 Å². The van der Waals surface area contributed by atoms with Gasteiger partial charge in [-0.25, -0.2) is 9.78 Å². The van der Waals surface area contributed by atoms with Crippen LogP contribution in [0, 0.1) is 5.92 Å². The molecule has 1 aromatic heterocycles. The molecule has 0 radical (unpaired) electrons. The Balaban J connectivity index is 2.10. The number of fused-ring (bicyclic) bond motifs is 1. The van der Waals surface area contributed by atoms with Crippen molar-refractivity contribution < 1.29 is 14.3 Å². The smallest absolute Gasteiger partial charge is 0.356 e. The highest BCUT2D eigenvalue weighted by molar-refractivity contribution is 9.10. The molecule has 0 bridgehead atoms. The van der Waals surface area contributed by atoms with E-state index in [1.165, 1.54) is 7.11 Å². The lowest BCUT2D eigenvalue weighted by Gasteiger charge is -2.38. The molecule has 1 aromatic carbocycles. The number of hydrogen-bond acceptors (Lipinski definition) is 5. The van der Waals surface area contributed by atoms with Gasteiger partial charge in [0.1, 0.15) is 0 Å². The summed E-state index contributed by atoms with van der Waals surface area (Å²) in [5.74, 6) is 0.0981. The number of halogens is 1. The average Bonchev–Trinajstić information content (AvgIpc) is 2.60. The highest BCUT2D eigenvalue weighted by Gasteiger charge is 2.28. The first-order chi connectivity index (χ1) is 11.5. The molecule has 2 heterocycles. The minimum Gasteiger partial charge on any atom is -0.464 e. The summed E-state index contributed by atoms with van der Waals surface area (Å²) in [5, 5.41) is 1.02. The predicted molar refractivity (Wildman–Crippen MR) is 97.6 cm³/mol. The van der Waals surface area contributed by atoms with E-state index in [4.69, 9.17) is 9.47 Å². The fraction of sp³-hybridized carbons (Fsp3) is 0.444. The number of piperidine rings is 1. The molecule has 5 nitrogen and oxygen atoms in total. The highest BCUT2D eigenvalue weighted by Crippen LogP contribution is 2.33. The van der Waals surface area contributed by atoms with Crippen LogP contribution in [0.3, 0.4) is 0 Å². The number of anilines is 1. The number of nitrogens with zero attached hydrogens (tertiary/aromatic N) is 2. The zero-order chi connectivity index (χ0) is 17.3. The van der Waals surface area contributed by atoms with Crippen molar-refractivity contribution in [2.75, 3.05) is 32.2 Å². The Kier molecular flexibility index (Phi) is 5.06. The zero-order valence-electron chi connectivity index (χ0n) is 14.1. The van der Waals surface area contributed by atoms with Gasteiger partial charge in [0.25, 0.3) is 0 Å². The first kappa shape index (κ1) is 17.2. The van der Waals surface area contributed by atoms with Gasteiger partial charge in [-0.1, -0.05) is 22.9 Å². The largest absolute Gasteiger partial charge is 0.464 e. The number of esters is 1. The van der Waals surface area contributed by atoms with Crippen LogP contribution in [0.5, 0.6) is 0 Å². The third-order valence-electron chi connectivity index (χ3n) is 4.68. The Morgan fingerprint density at radius 1 is 1.33 bits per heavy atom. The molecule has 1 fully saturated rings. The minimum absolute atomic E-state index is 0.177. The van der Waals surface area contributed by atoms with Gasteiger partial charge in [-0.2, -0.15) is 0 Å². The summed E-state index contributed by atoms with van der Waals surface area (Å²) >= 11 is 3.52. The molecule has 0 saturated carbocycles. The number of carbonyl (C=O) groups excluding carboxylic acids is 1. The Bertz CT molecular complexity index is 765. The lowest BCUT2D eigenvalue weighted by Crippen LogP contribution is -2.44. The molecule has 2 atom stereocenters. The van der Waals surface area contributed by atoms with E-state index in [2.05, 4.69) is 32.7 Å². The van der Waals surface area contributed by atoms with Crippen LogP contribution in [-0.4, -0.2) is 44.4 Å². The summed E-state index contributed by atoms with van der Waals surface area (Å²) in [7, 11) is 3.13. The summed E-state index contributed by atoms with van der Waals surface area (Å²) in [5.41, 5.74) is 2.11. The highest BCUT2D eigenvalue weighted by atomic mass is 79.9. The molecular weight excluding hydrogens is 372 g/mol. The van der Waals surface area contributed by atoms with Crippen molar-refractivity contribution in [3.8, 4) is 0 Å². The Hall–Kier alpha value is -1.66. The molecule has 2 aromatic rings. The molecule has 2 unspecified atom stereocenters. The third kappa shape index (κ3) is 3.26. The second kappa shape index (κ2) is 7.07. The Labute approximate surface area is 150 Å². The first-order valence-electron chi connectivity index (χ1n) is 8.00. The third-order valence-corrected chi connectivity index (χ3v) is 5.17. The lowest BCUT2D eigenvalue weighted by atomic mass is 9.95. The number of ether oxygens (including phenoxy) is 2. The van der Waals surface area contributed by atoms with Crippen LogP contribution in [0.15, 0.2) is 28.7 Å². The van der Waals surface area contributed by atoms with E-state index in [1.54, 1.807) is 7.11 Å². The lowest BCUT2D eigenvalue weighted by molar-refractivity contribution is 0.0499. The fourth-order valence-corrected chi connectivity index (χ4v) is 3.57. The second-order valence-corrected chi connectivity index (χ2v) is 7.08. The summed E-state index contributed by atoms with van der Waals surface area (Å²) in [6.45, 7) is 3.93. The topological polar surface area (TPSA) is 51.7 Å². The monoisotopic (exact) mass is 392 g/mol. The van der Waals surface area contributed by atoms with Crippen LogP contribution in [0.2, 0.25) is 0 Å². The maximum atomic E-state index is 12.0. The van der Waals surface area contributed by atoms with Crippen molar-refractivity contribution in [2.24, 2.45) is 5.92 Å². The molecule has 0 N–H and O–H groups in total. The molecule has 1 saturated heterocycles. The Morgan fingerprint density at radius 2 is 2.12 bits per heavy atom. The van der Waals surface area contributed by atoms with Crippen LogP contribution >= 0.6 is 15.9 Å². The summed E-state index contributed by atoms with van der Waals surface area (Å²) < 4.78 is 11.5. The van der Waals surface area contributed by atoms with E-state index in [0.717, 1.165) is 40.6 Å². The summed E-state index contributed by atoms with van der Waals surface area (Å²) in [6, 6.07) is 7.70. The molecule has 1 aliphatic heterocycles. The van der Waals surface area contributed by atoms with Gasteiger partial charge in [0.05, 0.1) is 18.7 Å².